The summed E-state index contributed by atoms with van der Waals surface area (Å²) in [6.45, 7) is -0.274. The van der Waals surface area contributed by atoms with E-state index >= 15 is 0 Å². The molecule has 0 unspecified atom stereocenters. The number of aliphatic hydroxyl groups excluding tert-OH is 1. The van der Waals surface area contributed by atoms with Crippen LogP contribution in [0.4, 0.5) is 0 Å². The second-order valence-electron chi connectivity index (χ2n) is 3.26. The monoisotopic (exact) mass is 255 g/mol. The summed E-state index contributed by atoms with van der Waals surface area (Å²) >= 11 is 1.35. The topological polar surface area (TPSA) is 86.6 Å². The minimum Gasteiger partial charge on any atom is -0.479 e. The molecule has 0 saturated carbocycles. The molecule has 6 heteroatoms. The van der Waals surface area contributed by atoms with E-state index in [2.05, 4.69) is 5.32 Å². The minimum atomic E-state index is -1.55. The molecule has 0 aliphatic rings. The van der Waals surface area contributed by atoms with Crippen molar-refractivity contribution in [2.75, 3.05) is 12.3 Å². The average molecular weight is 255 g/mol. The molecule has 0 fully saturated rings. The number of amides is 1. The number of hydrogen-bond acceptors (Lipinski definition) is 4. The number of hydrogen-bond donors (Lipinski definition) is 3. The summed E-state index contributed by atoms with van der Waals surface area (Å²) in [7, 11) is 0. The quantitative estimate of drug-likeness (QED) is 0.638. The Morgan fingerprint density at radius 2 is 1.94 bits per heavy atom. The van der Waals surface area contributed by atoms with Crippen molar-refractivity contribution >= 4 is 23.6 Å². The summed E-state index contributed by atoms with van der Waals surface area (Å²) in [5.74, 6) is -1.46. The first kappa shape index (κ1) is 13.5. The van der Waals surface area contributed by atoms with Gasteiger partial charge in [-0.3, -0.25) is 4.79 Å². The van der Waals surface area contributed by atoms with Crippen molar-refractivity contribution in [2.24, 2.45) is 0 Å². The first-order chi connectivity index (χ1) is 8.09. The highest BCUT2D eigenvalue weighted by molar-refractivity contribution is 8.00. The lowest BCUT2D eigenvalue weighted by molar-refractivity contribution is -0.146. The van der Waals surface area contributed by atoms with Crippen LogP contribution in [0.3, 0.4) is 0 Å². The van der Waals surface area contributed by atoms with E-state index in [9.17, 15) is 9.59 Å². The molecule has 0 bridgehead atoms. The van der Waals surface area contributed by atoms with E-state index in [1.54, 1.807) is 0 Å². The van der Waals surface area contributed by atoms with E-state index < -0.39 is 12.1 Å². The Balaban J connectivity index is 2.24. The Hall–Kier alpha value is -1.53. The summed E-state index contributed by atoms with van der Waals surface area (Å²) < 4.78 is 0. The first-order valence-corrected chi connectivity index (χ1v) is 5.93. The van der Waals surface area contributed by atoms with Gasteiger partial charge in [0.2, 0.25) is 5.91 Å². The van der Waals surface area contributed by atoms with Crippen LogP contribution in [0.1, 0.15) is 0 Å². The van der Waals surface area contributed by atoms with E-state index in [-0.39, 0.29) is 18.2 Å². The smallest absolute Gasteiger partial charge is 0.334 e. The van der Waals surface area contributed by atoms with Crippen LogP contribution in [0.15, 0.2) is 35.2 Å². The third-order valence-corrected chi connectivity index (χ3v) is 2.90. The molecule has 3 N–H and O–H groups in total. The molecule has 0 radical (unpaired) electrons. The molecule has 0 aliphatic heterocycles. The van der Waals surface area contributed by atoms with Gasteiger partial charge in [-0.25, -0.2) is 4.79 Å². The predicted octanol–water partition coefficient (Wildman–Crippen LogP) is 0.340. The van der Waals surface area contributed by atoms with Crippen molar-refractivity contribution in [3.05, 3.63) is 30.3 Å². The number of benzene rings is 1. The summed E-state index contributed by atoms with van der Waals surface area (Å²) in [5, 5.41) is 19.7. The molecule has 0 aliphatic carbocycles. The Labute approximate surface area is 103 Å². The molecule has 1 amide bonds. The first-order valence-electron chi connectivity index (χ1n) is 4.95. The molecule has 17 heavy (non-hydrogen) atoms. The maximum Gasteiger partial charge on any atom is 0.334 e. The molecule has 5 nitrogen and oxygen atoms in total. The molecule has 0 saturated heterocycles. The van der Waals surface area contributed by atoms with E-state index in [0.717, 1.165) is 4.90 Å². The molecule has 0 heterocycles. The molecular formula is C11H13NO4S. The predicted molar refractivity (Wildman–Crippen MR) is 63.8 cm³/mol. The fraction of sp³-hybridized carbons (Fsp3) is 0.273. The van der Waals surface area contributed by atoms with Gasteiger partial charge in [0.05, 0.1) is 12.3 Å². The van der Waals surface area contributed by atoms with E-state index in [1.165, 1.54) is 11.8 Å². The highest BCUT2D eigenvalue weighted by Gasteiger charge is 2.13. The van der Waals surface area contributed by atoms with Crippen LogP contribution >= 0.6 is 11.8 Å². The zero-order valence-electron chi connectivity index (χ0n) is 9.00. The Morgan fingerprint density at radius 3 is 2.53 bits per heavy atom. The van der Waals surface area contributed by atoms with Crippen molar-refractivity contribution in [1.29, 1.82) is 0 Å². The van der Waals surface area contributed by atoms with Crippen molar-refractivity contribution in [3.63, 3.8) is 0 Å². The number of carbonyl (C=O) groups excluding carboxylic acids is 1. The van der Waals surface area contributed by atoms with Crippen molar-refractivity contribution < 1.29 is 19.8 Å². The molecule has 0 aromatic heterocycles. The van der Waals surface area contributed by atoms with Crippen LogP contribution in [0.2, 0.25) is 0 Å². The zero-order chi connectivity index (χ0) is 12.7. The van der Waals surface area contributed by atoms with Crippen molar-refractivity contribution in [3.8, 4) is 0 Å². The van der Waals surface area contributed by atoms with Gasteiger partial charge in [0.1, 0.15) is 0 Å². The number of carbonyl (C=O) groups is 2. The van der Waals surface area contributed by atoms with Gasteiger partial charge >= 0.3 is 5.97 Å². The molecule has 1 aromatic carbocycles. The lowest BCUT2D eigenvalue weighted by Gasteiger charge is -2.07. The second-order valence-corrected chi connectivity index (χ2v) is 4.31. The van der Waals surface area contributed by atoms with Gasteiger partial charge in [-0.1, -0.05) is 18.2 Å². The van der Waals surface area contributed by atoms with Gasteiger partial charge in [-0.2, -0.15) is 0 Å². The van der Waals surface area contributed by atoms with E-state index in [4.69, 9.17) is 10.2 Å². The summed E-state index contributed by atoms with van der Waals surface area (Å²) in [6, 6.07) is 9.38. The number of aliphatic carboxylic acids is 1. The Kier molecular flexibility index (Phi) is 5.51. The Bertz CT molecular complexity index is 382. The van der Waals surface area contributed by atoms with Crippen LogP contribution in [-0.2, 0) is 9.59 Å². The van der Waals surface area contributed by atoms with Crippen LogP contribution in [0.25, 0.3) is 0 Å². The summed E-state index contributed by atoms with van der Waals surface area (Å²) in [5.41, 5.74) is 0. The maximum absolute atomic E-state index is 11.3. The largest absolute Gasteiger partial charge is 0.479 e. The Morgan fingerprint density at radius 1 is 1.29 bits per heavy atom. The fourth-order valence-electron chi connectivity index (χ4n) is 1.01. The second kappa shape index (κ2) is 6.93. The molecular weight excluding hydrogens is 242 g/mol. The SMILES string of the molecule is O=C(CSc1ccccc1)NC[C@H](O)C(=O)O. The molecule has 92 valence electrons. The van der Waals surface area contributed by atoms with Crippen molar-refractivity contribution in [2.45, 2.75) is 11.0 Å². The number of nitrogens with one attached hydrogen (secondary N) is 1. The highest BCUT2D eigenvalue weighted by Crippen LogP contribution is 2.15. The third-order valence-electron chi connectivity index (χ3n) is 1.89. The number of carboxylic acids is 1. The number of aliphatic hydroxyl groups is 1. The van der Waals surface area contributed by atoms with Gasteiger partial charge in [0.25, 0.3) is 0 Å². The lowest BCUT2D eigenvalue weighted by Crippen LogP contribution is -2.37. The van der Waals surface area contributed by atoms with Gasteiger partial charge < -0.3 is 15.5 Å². The minimum absolute atomic E-state index is 0.191. The standard InChI is InChI=1S/C11H13NO4S/c13-9(11(15)16)6-12-10(14)7-17-8-4-2-1-3-5-8/h1-5,9,13H,6-7H2,(H,12,14)(H,15,16)/t9-/m0/s1. The van der Waals surface area contributed by atoms with Gasteiger partial charge in [-0.05, 0) is 12.1 Å². The van der Waals surface area contributed by atoms with E-state index in [0.29, 0.717) is 0 Å². The van der Waals surface area contributed by atoms with Gasteiger partial charge in [-0.15, -0.1) is 11.8 Å². The highest BCUT2D eigenvalue weighted by atomic mass is 32.2. The summed E-state index contributed by atoms with van der Waals surface area (Å²) in [4.78, 5) is 22.6. The van der Waals surface area contributed by atoms with Crippen LogP contribution < -0.4 is 5.32 Å². The summed E-state index contributed by atoms with van der Waals surface area (Å²) in [6.07, 6.45) is -1.55. The lowest BCUT2D eigenvalue weighted by atomic mass is 10.3. The number of thioether (sulfide) groups is 1. The van der Waals surface area contributed by atoms with Gasteiger partial charge in [0, 0.05) is 4.90 Å². The third kappa shape index (κ3) is 5.37. The van der Waals surface area contributed by atoms with Crippen LogP contribution in [0, 0.1) is 0 Å². The average Bonchev–Trinajstić information content (AvgIpc) is 2.34. The van der Waals surface area contributed by atoms with E-state index in [1.807, 2.05) is 30.3 Å². The molecule has 0 spiro atoms. The number of rotatable bonds is 6. The normalized spacial score (nSPS) is 11.8. The van der Waals surface area contributed by atoms with Gasteiger partial charge in [0.15, 0.2) is 6.10 Å². The van der Waals surface area contributed by atoms with Crippen molar-refractivity contribution in [1.82, 2.24) is 5.32 Å². The molecule has 1 aromatic rings. The number of carboxylic acid groups (broad SMARTS) is 1. The zero-order valence-corrected chi connectivity index (χ0v) is 9.81. The van der Waals surface area contributed by atoms with Crippen LogP contribution in [0.5, 0.6) is 0 Å². The fourth-order valence-corrected chi connectivity index (χ4v) is 1.76. The molecule has 1 rings (SSSR count). The van der Waals surface area contributed by atoms with Crippen LogP contribution in [-0.4, -0.2) is 40.5 Å². The molecule has 1 atom stereocenters. The maximum atomic E-state index is 11.3.